The fraction of sp³-hybridized carbons (Fsp3) is 0.952. The van der Waals surface area contributed by atoms with Gasteiger partial charge in [-0.2, -0.15) is 0 Å². The topological polar surface area (TPSA) is 46.1 Å². The number of likely N-dealkylation sites (tertiary alicyclic amines) is 1. The van der Waals surface area contributed by atoms with Crippen LogP contribution in [-0.2, 0) is 9.47 Å². The molecule has 0 amide bonds. The van der Waals surface area contributed by atoms with Crippen molar-refractivity contribution in [2.24, 2.45) is 16.3 Å². The van der Waals surface area contributed by atoms with Crippen molar-refractivity contribution in [3.63, 3.8) is 0 Å². The molecule has 156 valence electrons. The Labute approximate surface area is 182 Å². The monoisotopic (exact) mass is 491 g/mol. The Morgan fingerprint density at radius 1 is 1.15 bits per heavy atom. The number of nitrogens with zero attached hydrogens (tertiary/aromatic N) is 2. The lowest BCUT2D eigenvalue weighted by Gasteiger charge is -2.35. The second-order valence-corrected chi connectivity index (χ2v) is 8.82. The van der Waals surface area contributed by atoms with Gasteiger partial charge in [0.05, 0.1) is 18.8 Å². The van der Waals surface area contributed by atoms with Crippen molar-refractivity contribution < 1.29 is 9.47 Å². The van der Waals surface area contributed by atoms with Crippen molar-refractivity contribution in [1.29, 1.82) is 0 Å². The summed E-state index contributed by atoms with van der Waals surface area (Å²) in [4.78, 5) is 7.50. The number of nitrogens with one attached hydrogen (secondary N) is 1. The molecule has 0 aromatic heterocycles. The van der Waals surface area contributed by atoms with Crippen LogP contribution in [0.4, 0.5) is 0 Å². The zero-order valence-corrected chi connectivity index (χ0v) is 19.3. The van der Waals surface area contributed by atoms with Crippen LogP contribution in [0.3, 0.4) is 0 Å². The summed E-state index contributed by atoms with van der Waals surface area (Å²) in [7, 11) is 0. The van der Waals surface area contributed by atoms with Crippen molar-refractivity contribution in [3.8, 4) is 0 Å². The summed E-state index contributed by atoms with van der Waals surface area (Å²) in [5.74, 6) is 2.11. The second-order valence-electron chi connectivity index (χ2n) is 8.82. The molecule has 2 aliphatic carbocycles. The minimum absolute atomic E-state index is 0. The van der Waals surface area contributed by atoms with E-state index in [2.05, 4.69) is 17.1 Å². The number of guanidine groups is 1. The Morgan fingerprint density at radius 3 is 2.52 bits per heavy atom. The SMILES string of the molecule is CCNC(=NCC1(C2CC2)CC1)N1CCC(OCC2CCCCO2)CC1.I. The third-order valence-corrected chi connectivity index (χ3v) is 6.75. The first-order chi connectivity index (χ1) is 12.8. The summed E-state index contributed by atoms with van der Waals surface area (Å²) in [5.41, 5.74) is 0.585. The van der Waals surface area contributed by atoms with Crippen molar-refractivity contribution in [2.75, 3.05) is 39.4 Å². The van der Waals surface area contributed by atoms with Crippen molar-refractivity contribution in [2.45, 2.75) is 76.9 Å². The van der Waals surface area contributed by atoms with Gasteiger partial charge in [0.1, 0.15) is 0 Å². The molecule has 0 aromatic carbocycles. The highest BCUT2D eigenvalue weighted by Gasteiger charge is 2.53. The van der Waals surface area contributed by atoms with Crippen LogP contribution < -0.4 is 5.32 Å². The Kier molecular flexibility index (Phi) is 8.09. The van der Waals surface area contributed by atoms with E-state index in [9.17, 15) is 0 Å². The maximum atomic E-state index is 6.16. The average molecular weight is 491 g/mol. The molecular formula is C21H38IN3O2. The van der Waals surface area contributed by atoms with E-state index in [1.165, 1.54) is 44.9 Å². The number of hydrogen-bond acceptors (Lipinski definition) is 3. The molecule has 2 heterocycles. The smallest absolute Gasteiger partial charge is 0.193 e. The molecular weight excluding hydrogens is 453 g/mol. The molecule has 6 heteroatoms. The lowest BCUT2D eigenvalue weighted by atomic mass is 10.0. The summed E-state index contributed by atoms with van der Waals surface area (Å²) >= 11 is 0. The Morgan fingerprint density at radius 2 is 1.93 bits per heavy atom. The Bertz CT molecular complexity index is 480. The van der Waals surface area contributed by atoms with E-state index in [-0.39, 0.29) is 24.0 Å². The van der Waals surface area contributed by atoms with E-state index in [1.807, 2.05) is 0 Å². The van der Waals surface area contributed by atoms with Gasteiger partial charge >= 0.3 is 0 Å². The number of aliphatic imine (C=N–C) groups is 1. The quantitative estimate of drug-likeness (QED) is 0.334. The third-order valence-electron chi connectivity index (χ3n) is 6.75. The molecule has 4 aliphatic rings. The predicted octanol–water partition coefficient (Wildman–Crippen LogP) is 3.81. The predicted molar refractivity (Wildman–Crippen MR) is 120 cm³/mol. The van der Waals surface area contributed by atoms with E-state index >= 15 is 0 Å². The molecule has 2 saturated carbocycles. The van der Waals surface area contributed by atoms with Gasteiger partial charge in [0.25, 0.3) is 0 Å². The lowest BCUT2D eigenvalue weighted by Crippen LogP contribution is -2.47. The second kappa shape index (κ2) is 10.1. The van der Waals surface area contributed by atoms with Crippen LogP contribution in [0.1, 0.15) is 64.7 Å². The van der Waals surface area contributed by atoms with Crippen LogP contribution in [-0.4, -0.2) is 62.5 Å². The van der Waals surface area contributed by atoms with Crippen molar-refractivity contribution in [3.05, 3.63) is 0 Å². The molecule has 0 radical (unpaired) electrons. The highest BCUT2D eigenvalue weighted by Crippen LogP contribution is 2.61. The molecule has 0 aromatic rings. The first-order valence-corrected chi connectivity index (χ1v) is 11.1. The summed E-state index contributed by atoms with van der Waals surface area (Å²) in [5, 5.41) is 3.53. The standard InChI is InChI=1S/C21H37N3O2.HI/c1-2-22-20(23-16-21(10-11-21)17-6-7-17)24-12-8-18(9-13-24)26-15-19-5-3-4-14-25-19;/h17-19H,2-16H2,1H3,(H,22,23);1H. The maximum absolute atomic E-state index is 6.16. The molecule has 5 nitrogen and oxygen atoms in total. The number of halogens is 1. The van der Waals surface area contributed by atoms with Crippen LogP contribution in [0.5, 0.6) is 0 Å². The van der Waals surface area contributed by atoms with E-state index in [0.717, 1.165) is 64.1 Å². The van der Waals surface area contributed by atoms with E-state index in [4.69, 9.17) is 14.5 Å². The van der Waals surface area contributed by atoms with Gasteiger partial charge in [0.15, 0.2) is 5.96 Å². The molecule has 2 saturated heterocycles. The summed E-state index contributed by atoms with van der Waals surface area (Å²) in [6, 6.07) is 0. The van der Waals surface area contributed by atoms with Crippen molar-refractivity contribution >= 4 is 29.9 Å². The number of hydrogen-bond donors (Lipinski definition) is 1. The normalized spacial score (nSPS) is 28.6. The summed E-state index contributed by atoms with van der Waals surface area (Å²) < 4.78 is 12.0. The minimum Gasteiger partial charge on any atom is -0.376 e. The molecule has 0 bridgehead atoms. The van der Waals surface area contributed by atoms with Crippen molar-refractivity contribution in [1.82, 2.24) is 10.2 Å². The molecule has 27 heavy (non-hydrogen) atoms. The zero-order valence-electron chi connectivity index (χ0n) is 17.0. The fourth-order valence-corrected chi connectivity index (χ4v) is 4.63. The summed E-state index contributed by atoms with van der Waals surface area (Å²) in [6.45, 7) is 7.96. The molecule has 1 unspecified atom stereocenters. The minimum atomic E-state index is 0. The molecule has 4 fully saturated rings. The zero-order chi connectivity index (χ0) is 17.8. The molecule has 1 atom stereocenters. The highest BCUT2D eigenvalue weighted by atomic mass is 127. The fourth-order valence-electron chi connectivity index (χ4n) is 4.63. The van der Waals surface area contributed by atoms with Crippen LogP contribution in [0.25, 0.3) is 0 Å². The van der Waals surface area contributed by atoms with E-state index in [1.54, 1.807) is 0 Å². The lowest BCUT2D eigenvalue weighted by molar-refractivity contribution is -0.0721. The Hall–Kier alpha value is -0.0800. The highest BCUT2D eigenvalue weighted by molar-refractivity contribution is 14.0. The number of rotatable bonds is 7. The molecule has 2 aliphatic heterocycles. The van der Waals surface area contributed by atoms with Gasteiger partial charge in [-0.25, -0.2) is 0 Å². The average Bonchev–Trinajstić information content (AvgIpc) is 3.58. The van der Waals surface area contributed by atoms with Gasteiger partial charge in [0.2, 0.25) is 0 Å². The van der Waals surface area contributed by atoms with Gasteiger partial charge in [-0.15, -0.1) is 24.0 Å². The molecule has 4 rings (SSSR count). The molecule has 0 spiro atoms. The number of piperidine rings is 1. The third kappa shape index (κ3) is 5.95. The van der Waals surface area contributed by atoms with Gasteiger partial charge in [-0.05, 0) is 76.0 Å². The van der Waals surface area contributed by atoms with Crippen LogP contribution in [0.2, 0.25) is 0 Å². The summed E-state index contributed by atoms with van der Waals surface area (Å²) in [6.07, 6.45) is 12.3. The van der Waals surface area contributed by atoms with Gasteiger partial charge in [0, 0.05) is 32.8 Å². The Balaban J connectivity index is 0.00000210. The van der Waals surface area contributed by atoms with Gasteiger partial charge in [-0.3, -0.25) is 4.99 Å². The van der Waals surface area contributed by atoms with E-state index < -0.39 is 0 Å². The van der Waals surface area contributed by atoms with Crippen LogP contribution in [0, 0.1) is 11.3 Å². The van der Waals surface area contributed by atoms with Crippen LogP contribution in [0.15, 0.2) is 4.99 Å². The number of ether oxygens (including phenoxy) is 2. The first kappa shape index (κ1) is 21.6. The maximum Gasteiger partial charge on any atom is 0.193 e. The largest absolute Gasteiger partial charge is 0.376 e. The van der Waals surface area contributed by atoms with E-state index in [0.29, 0.717) is 17.6 Å². The van der Waals surface area contributed by atoms with Gasteiger partial charge < -0.3 is 19.7 Å². The molecule has 1 N–H and O–H groups in total. The van der Waals surface area contributed by atoms with Crippen LogP contribution >= 0.6 is 24.0 Å². The first-order valence-electron chi connectivity index (χ1n) is 11.1. The van der Waals surface area contributed by atoms with Gasteiger partial charge in [-0.1, -0.05) is 0 Å².